The van der Waals surface area contributed by atoms with E-state index in [9.17, 15) is 8.42 Å². The average Bonchev–Trinajstić information content (AvgIpc) is 2.66. The van der Waals surface area contributed by atoms with Crippen LogP contribution < -0.4 is 14.8 Å². The second kappa shape index (κ2) is 7.08. The molecule has 1 aromatic heterocycles. The Labute approximate surface area is 106 Å². The van der Waals surface area contributed by atoms with Gasteiger partial charge in [-0.3, -0.25) is 0 Å². The van der Waals surface area contributed by atoms with Gasteiger partial charge in [0.1, 0.15) is 5.75 Å². The highest BCUT2D eigenvalue weighted by Crippen LogP contribution is 2.28. The lowest BCUT2D eigenvalue weighted by Crippen LogP contribution is -2.30. The largest absolute Gasteiger partial charge is 0.494 e. The molecule has 0 aliphatic rings. The molecule has 1 heterocycles. The third-order valence-corrected chi connectivity index (χ3v) is 4.63. The quantitative estimate of drug-likeness (QED) is 0.755. The van der Waals surface area contributed by atoms with Gasteiger partial charge in [-0.05, 0) is 18.5 Å². The highest BCUT2D eigenvalue weighted by Gasteiger charge is 2.20. The number of methoxy groups -OCH3 is 1. The fourth-order valence-electron chi connectivity index (χ4n) is 1.01. The molecule has 8 heteroatoms. The molecule has 0 aliphatic heterocycles. The van der Waals surface area contributed by atoms with E-state index < -0.39 is 10.0 Å². The molecule has 1 aromatic rings. The van der Waals surface area contributed by atoms with Crippen molar-refractivity contribution in [1.82, 2.24) is 10.0 Å². The van der Waals surface area contributed by atoms with Crippen molar-refractivity contribution >= 4 is 33.8 Å². The van der Waals surface area contributed by atoms with Crippen LogP contribution in [-0.2, 0) is 10.0 Å². The van der Waals surface area contributed by atoms with Gasteiger partial charge in [0, 0.05) is 13.1 Å². The van der Waals surface area contributed by atoms with Crippen molar-refractivity contribution in [1.29, 1.82) is 0 Å². The molecule has 0 bridgehead atoms. The standard InChI is InChI=1S/C8H14N2O3S2.ClH/c1-9-4-5-10-15(11,12)8-7(13-2)3-6-14-8;/h3,6,9-10H,4-5H2,1-2H3;1H. The van der Waals surface area contributed by atoms with Crippen molar-refractivity contribution in [2.75, 3.05) is 27.2 Å². The SMILES string of the molecule is CNCCNS(=O)(=O)c1sccc1OC.Cl. The second-order valence-corrected chi connectivity index (χ2v) is 5.66. The molecule has 5 nitrogen and oxygen atoms in total. The maximum absolute atomic E-state index is 11.7. The summed E-state index contributed by atoms with van der Waals surface area (Å²) in [6, 6.07) is 1.64. The lowest BCUT2D eigenvalue weighted by atomic mass is 10.6. The Morgan fingerprint density at radius 2 is 2.12 bits per heavy atom. The summed E-state index contributed by atoms with van der Waals surface area (Å²) in [5.41, 5.74) is 0. The fraction of sp³-hybridized carbons (Fsp3) is 0.500. The molecular weight excluding hydrogens is 272 g/mol. The molecule has 94 valence electrons. The highest BCUT2D eigenvalue weighted by molar-refractivity contribution is 7.91. The van der Waals surface area contributed by atoms with E-state index in [-0.39, 0.29) is 16.6 Å². The first-order valence-corrected chi connectivity index (χ1v) is 6.74. The minimum Gasteiger partial charge on any atom is -0.494 e. The summed E-state index contributed by atoms with van der Waals surface area (Å²) in [5, 5.41) is 4.55. The monoisotopic (exact) mass is 286 g/mol. The zero-order chi connectivity index (χ0) is 11.3. The topological polar surface area (TPSA) is 67.4 Å². The van der Waals surface area contributed by atoms with E-state index in [1.807, 2.05) is 0 Å². The smallest absolute Gasteiger partial charge is 0.253 e. The zero-order valence-electron chi connectivity index (χ0n) is 9.02. The van der Waals surface area contributed by atoms with E-state index >= 15 is 0 Å². The molecule has 16 heavy (non-hydrogen) atoms. The third-order valence-electron chi connectivity index (χ3n) is 1.73. The Morgan fingerprint density at radius 3 is 2.69 bits per heavy atom. The van der Waals surface area contributed by atoms with Crippen LogP contribution in [0.5, 0.6) is 5.75 Å². The van der Waals surface area contributed by atoms with Crippen LogP contribution in [0.3, 0.4) is 0 Å². The normalized spacial score (nSPS) is 10.9. The van der Waals surface area contributed by atoms with Crippen molar-refractivity contribution < 1.29 is 13.2 Å². The van der Waals surface area contributed by atoms with Crippen LogP contribution in [0.15, 0.2) is 15.7 Å². The number of likely N-dealkylation sites (N-methyl/N-ethyl adjacent to an activating group) is 1. The van der Waals surface area contributed by atoms with Gasteiger partial charge in [0.05, 0.1) is 7.11 Å². The summed E-state index contributed by atoms with van der Waals surface area (Å²) in [5.74, 6) is 0.386. The van der Waals surface area contributed by atoms with Crippen LogP contribution >= 0.6 is 23.7 Å². The van der Waals surface area contributed by atoms with Crippen LogP contribution in [0, 0.1) is 0 Å². The molecule has 0 radical (unpaired) electrons. The minimum atomic E-state index is -3.43. The lowest BCUT2D eigenvalue weighted by molar-refractivity contribution is 0.406. The van der Waals surface area contributed by atoms with Gasteiger partial charge in [0.25, 0.3) is 10.0 Å². The number of nitrogens with one attached hydrogen (secondary N) is 2. The van der Waals surface area contributed by atoms with Crippen LogP contribution in [-0.4, -0.2) is 35.7 Å². The number of hydrogen-bond donors (Lipinski definition) is 2. The van der Waals surface area contributed by atoms with E-state index in [2.05, 4.69) is 10.0 Å². The first-order chi connectivity index (χ1) is 7.11. The second-order valence-electron chi connectivity index (χ2n) is 2.78. The Hall–Kier alpha value is -0.340. The van der Waals surface area contributed by atoms with Gasteiger partial charge in [0.2, 0.25) is 0 Å². The molecule has 0 fully saturated rings. The number of halogens is 1. The van der Waals surface area contributed by atoms with Crippen LogP contribution in [0.2, 0.25) is 0 Å². The maximum atomic E-state index is 11.7. The van der Waals surface area contributed by atoms with Crippen molar-refractivity contribution in [3.63, 3.8) is 0 Å². The van der Waals surface area contributed by atoms with E-state index in [0.29, 0.717) is 18.8 Å². The van der Waals surface area contributed by atoms with Gasteiger partial charge >= 0.3 is 0 Å². The number of thiophene rings is 1. The summed E-state index contributed by atoms with van der Waals surface area (Å²) < 4.78 is 31.1. The van der Waals surface area contributed by atoms with E-state index in [1.165, 1.54) is 7.11 Å². The molecule has 0 aliphatic carbocycles. The first kappa shape index (κ1) is 15.7. The average molecular weight is 287 g/mol. The lowest BCUT2D eigenvalue weighted by Gasteiger charge is -2.06. The number of rotatable bonds is 6. The predicted molar refractivity (Wildman–Crippen MR) is 67.2 cm³/mol. The summed E-state index contributed by atoms with van der Waals surface area (Å²) in [6.45, 7) is 0.951. The van der Waals surface area contributed by atoms with Gasteiger partial charge in [-0.2, -0.15) is 0 Å². The predicted octanol–water partition coefficient (Wildman–Crippen LogP) is 0.676. The summed E-state index contributed by atoms with van der Waals surface area (Å²) in [4.78, 5) is 0. The van der Waals surface area contributed by atoms with E-state index in [0.717, 1.165) is 11.3 Å². The van der Waals surface area contributed by atoms with E-state index in [1.54, 1.807) is 18.5 Å². The van der Waals surface area contributed by atoms with Gasteiger partial charge in [-0.15, -0.1) is 23.7 Å². The Balaban J connectivity index is 0.00000225. The number of ether oxygens (including phenoxy) is 1. The fourth-order valence-corrected chi connectivity index (χ4v) is 3.36. The summed E-state index contributed by atoms with van der Waals surface area (Å²) in [7, 11) is -0.211. The van der Waals surface area contributed by atoms with Gasteiger partial charge in [-0.1, -0.05) is 0 Å². The Morgan fingerprint density at radius 1 is 1.44 bits per heavy atom. The molecule has 0 saturated carbocycles. The Bertz CT molecular complexity index is 405. The van der Waals surface area contributed by atoms with Crippen molar-refractivity contribution in [2.24, 2.45) is 0 Å². The van der Waals surface area contributed by atoms with Crippen LogP contribution in [0.25, 0.3) is 0 Å². The maximum Gasteiger partial charge on any atom is 0.253 e. The molecule has 0 spiro atoms. The molecule has 0 saturated heterocycles. The summed E-state index contributed by atoms with van der Waals surface area (Å²) >= 11 is 1.14. The third kappa shape index (κ3) is 3.91. The summed E-state index contributed by atoms with van der Waals surface area (Å²) in [6.07, 6.45) is 0. The van der Waals surface area contributed by atoms with Crippen molar-refractivity contribution in [2.45, 2.75) is 4.21 Å². The van der Waals surface area contributed by atoms with Gasteiger partial charge in [0.15, 0.2) is 4.21 Å². The van der Waals surface area contributed by atoms with Crippen molar-refractivity contribution in [3.05, 3.63) is 11.4 Å². The van der Waals surface area contributed by atoms with Gasteiger partial charge in [-0.25, -0.2) is 13.1 Å². The molecule has 0 unspecified atom stereocenters. The highest BCUT2D eigenvalue weighted by atomic mass is 35.5. The first-order valence-electron chi connectivity index (χ1n) is 4.37. The molecule has 0 amide bonds. The molecule has 2 N–H and O–H groups in total. The van der Waals surface area contributed by atoms with E-state index in [4.69, 9.17) is 4.74 Å². The Kier molecular flexibility index (Phi) is 6.93. The van der Waals surface area contributed by atoms with Crippen molar-refractivity contribution in [3.8, 4) is 5.75 Å². The van der Waals surface area contributed by atoms with Crippen LogP contribution in [0.1, 0.15) is 0 Å². The molecular formula is C8H15ClN2O3S2. The zero-order valence-corrected chi connectivity index (χ0v) is 11.5. The molecule has 0 aromatic carbocycles. The molecule has 1 rings (SSSR count). The number of sulfonamides is 1. The number of hydrogen-bond acceptors (Lipinski definition) is 5. The minimum absolute atomic E-state index is 0. The van der Waals surface area contributed by atoms with Gasteiger partial charge < -0.3 is 10.1 Å². The van der Waals surface area contributed by atoms with Crippen LogP contribution in [0.4, 0.5) is 0 Å². The molecule has 0 atom stereocenters.